The molecule has 0 aliphatic rings. The van der Waals surface area contributed by atoms with Crippen molar-refractivity contribution in [3.63, 3.8) is 0 Å². The number of carbonyl (C=O) groups excluding carboxylic acids is 1. The number of ketones is 1. The summed E-state index contributed by atoms with van der Waals surface area (Å²) in [7, 11) is 1.78. The van der Waals surface area contributed by atoms with Gasteiger partial charge in [0.2, 0.25) is 0 Å². The van der Waals surface area contributed by atoms with Gasteiger partial charge in [-0.15, -0.1) is 0 Å². The molecule has 0 amide bonds. The number of hydrogen-bond acceptors (Lipinski definition) is 3. The van der Waals surface area contributed by atoms with Crippen LogP contribution in [-0.2, 0) is 11.2 Å². The lowest BCUT2D eigenvalue weighted by atomic mass is 10.1. The van der Waals surface area contributed by atoms with Crippen molar-refractivity contribution in [2.24, 2.45) is 0 Å². The van der Waals surface area contributed by atoms with E-state index in [1.54, 1.807) is 25.6 Å². The zero-order valence-electron chi connectivity index (χ0n) is 7.33. The molecule has 0 aliphatic heterocycles. The highest BCUT2D eigenvalue weighted by Gasteiger charge is 2.10. The molecule has 1 rings (SSSR count). The van der Waals surface area contributed by atoms with Gasteiger partial charge in [0.15, 0.2) is 5.78 Å². The summed E-state index contributed by atoms with van der Waals surface area (Å²) in [5.74, 6) is 0.180. The van der Waals surface area contributed by atoms with Gasteiger partial charge in [-0.2, -0.15) is 0 Å². The Morgan fingerprint density at radius 2 is 2.50 bits per heavy atom. The van der Waals surface area contributed by atoms with Crippen molar-refractivity contribution in [3.8, 4) is 0 Å². The van der Waals surface area contributed by atoms with Crippen LogP contribution in [0.3, 0.4) is 0 Å². The van der Waals surface area contributed by atoms with Gasteiger partial charge < -0.3 is 9.73 Å². The van der Waals surface area contributed by atoms with Gasteiger partial charge in [-0.05, 0) is 25.6 Å². The van der Waals surface area contributed by atoms with Crippen molar-refractivity contribution >= 4 is 5.78 Å². The third-order valence-electron chi connectivity index (χ3n) is 1.87. The van der Waals surface area contributed by atoms with E-state index >= 15 is 0 Å². The zero-order valence-corrected chi connectivity index (χ0v) is 7.33. The lowest BCUT2D eigenvalue weighted by Crippen LogP contribution is -2.31. The third-order valence-corrected chi connectivity index (χ3v) is 1.87. The van der Waals surface area contributed by atoms with E-state index in [2.05, 4.69) is 5.32 Å². The number of furan rings is 1. The molecule has 3 nitrogen and oxygen atoms in total. The van der Waals surface area contributed by atoms with Crippen molar-refractivity contribution in [1.82, 2.24) is 5.32 Å². The summed E-state index contributed by atoms with van der Waals surface area (Å²) in [6.07, 6.45) is 3.62. The van der Waals surface area contributed by atoms with Crippen molar-refractivity contribution in [1.29, 1.82) is 0 Å². The van der Waals surface area contributed by atoms with Crippen LogP contribution in [0.2, 0.25) is 0 Å². The van der Waals surface area contributed by atoms with E-state index in [4.69, 9.17) is 4.42 Å². The van der Waals surface area contributed by atoms with Gasteiger partial charge in [-0.3, -0.25) is 4.79 Å². The van der Waals surface area contributed by atoms with E-state index < -0.39 is 0 Å². The number of hydrogen-bond donors (Lipinski definition) is 1. The highest BCUT2D eigenvalue weighted by atomic mass is 16.3. The summed E-state index contributed by atoms with van der Waals surface area (Å²) in [6.45, 7) is 1.85. The molecule has 0 bridgehead atoms. The Morgan fingerprint density at radius 3 is 3.00 bits per heavy atom. The largest absolute Gasteiger partial charge is 0.472 e. The average Bonchev–Trinajstić information content (AvgIpc) is 2.55. The van der Waals surface area contributed by atoms with Crippen molar-refractivity contribution in [2.75, 3.05) is 7.05 Å². The minimum Gasteiger partial charge on any atom is -0.472 e. The summed E-state index contributed by atoms with van der Waals surface area (Å²) < 4.78 is 4.86. The first-order valence-electron chi connectivity index (χ1n) is 3.95. The minimum absolute atomic E-state index is 0.0834. The van der Waals surface area contributed by atoms with Crippen LogP contribution in [0.25, 0.3) is 0 Å². The molecule has 0 aromatic carbocycles. The second-order valence-corrected chi connectivity index (χ2v) is 2.79. The second-order valence-electron chi connectivity index (χ2n) is 2.79. The molecule has 1 unspecified atom stereocenters. The zero-order chi connectivity index (χ0) is 8.97. The van der Waals surface area contributed by atoms with Crippen LogP contribution in [-0.4, -0.2) is 18.9 Å². The molecule has 66 valence electrons. The molecule has 0 saturated heterocycles. The van der Waals surface area contributed by atoms with E-state index in [9.17, 15) is 4.79 Å². The van der Waals surface area contributed by atoms with Crippen molar-refractivity contribution in [3.05, 3.63) is 24.2 Å². The van der Waals surface area contributed by atoms with Crippen LogP contribution >= 0.6 is 0 Å². The summed E-state index contributed by atoms with van der Waals surface area (Å²) in [6, 6.07) is 1.72. The van der Waals surface area contributed by atoms with Crippen LogP contribution in [0.4, 0.5) is 0 Å². The fraction of sp³-hybridized carbons (Fsp3) is 0.444. The van der Waals surface area contributed by atoms with E-state index in [1.165, 1.54) is 0 Å². The van der Waals surface area contributed by atoms with Crippen LogP contribution < -0.4 is 5.32 Å². The van der Waals surface area contributed by atoms with Gasteiger partial charge in [-0.1, -0.05) is 0 Å². The lowest BCUT2D eigenvalue weighted by Gasteiger charge is -2.06. The molecule has 1 heterocycles. The Labute approximate surface area is 71.8 Å². The fourth-order valence-corrected chi connectivity index (χ4v) is 0.909. The number of nitrogens with one attached hydrogen (secondary N) is 1. The molecule has 0 saturated carbocycles. The molecular formula is C9H13NO2. The molecule has 0 fully saturated rings. The number of rotatable bonds is 4. The number of carbonyl (C=O) groups is 1. The molecular weight excluding hydrogens is 154 g/mol. The molecule has 0 aliphatic carbocycles. The monoisotopic (exact) mass is 167 g/mol. The van der Waals surface area contributed by atoms with E-state index in [1.807, 2.05) is 6.92 Å². The minimum atomic E-state index is -0.0834. The van der Waals surface area contributed by atoms with Crippen molar-refractivity contribution in [2.45, 2.75) is 19.4 Å². The predicted octanol–water partition coefficient (Wildman–Crippen LogP) is 0.999. The fourth-order valence-electron chi connectivity index (χ4n) is 0.909. The molecule has 12 heavy (non-hydrogen) atoms. The highest BCUT2D eigenvalue weighted by molar-refractivity contribution is 5.85. The third kappa shape index (κ3) is 2.20. The summed E-state index contributed by atoms with van der Waals surface area (Å²) in [5, 5.41) is 2.90. The topological polar surface area (TPSA) is 42.2 Å². The standard InChI is InChI=1S/C9H13NO2/c1-7(10-2)9(11)5-8-3-4-12-6-8/h3-4,6-7,10H,5H2,1-2H3. The Balaban J connectivity index is 2.47. The first kappa shape index (κ1) is 9.00. The van der Waals surface area contributed by atoms with Gasteiger partial charge in [0.25, 0.3) is 0 Å². The van der Waals surface area contributed by atoms with E-state index in [0.29, 0.717) is 6.42 Å². The molecule has 1 atom stereocenters. The molecule has 1 aromatic rings. The summed E-state index contributed by atoms with van der Waals surface area (Å²) in [5.41, 5.74) is 0.933. The van der Waals surface area contributed by atoms with Crippen LogP contribution in [0.1, 0.15) is 12.5 Å². The Morgan fingerprint density at radius 1 is 1.75 bits per heavy atom. The van der Waals surface area contributed by atoms with Crippen LogP contribution in [0.5, 0.6) is 0 Å². The number of likely N-dealkylation sites (N-methyl/N-ethyl adjacent to an activating group) is 1. The maximum absolute atomic E-state index is 11.3. The molecule has 1 N–H and O–H groups in total. The molecule has 1 aromatic heterocycles. The summed E-state index contributed by atoms with van der Waals surface area (Å²) >= 11 is 0. The normalized spacial score (nSPS) is 12.8. The SMILES string of the molecule is CNC(C)C(=O)Cc1ccoc1. The smallest absolute Gasteiger partial charge is 0.153 e. The van der Waals surface area contributed by atoms with Gasteiger partial charge in [-0.25, -0.2) is 0 Å². The second kappa shape index (κ2) is 4.07. The van der Waals surface area contributed by atoms with Gasteiger partial charge in [0.1, 0.15) is 0 Å². The first-order valence-corrected chi connectivity index (χ1v) is 3.95. The van der Waals surface area contributed by atoms with Crippen molar-refractivity contribution < 1.29 is 9.21 Å². The Kier molecular flexibility index (Phi) is 3.05. The first-order chi connectivity index (χ1) is 5.74. The van der Waals surface area contributed by atoms with Gasteiger partial charge in [0.05, 0.1) is 18.6 Å². The maximum atomic E-state index is 11.3. The van der Waals surface area contributed by atoms with E-state index in [0.717, 1.165) is 5.56 Å². The molecule has 0 spiro atoms. The Hall–Kier alpha value is -1.09. The van der Waals surface area contributed by atoms with Gasteiger partial charge in [0, 0.05) is 6.42 Å². The molecule has 3 heteroatoms. The summed E-state index contributed by atoms with van der Waals surface area (Å²) in [4.78, 5) is 11.3. The predicted molar refractivity (Wildman–Crippen MR) is 45.9 cm³/mol. The Bertz CT molecular complexity index is 241. The van der Waals surface area contributed by atoms with Crippen LogP contribution in [0.15, 0.2) is 23.0 Å². The maximum Gasteiger partial charge on any atom is 0.153 e. The lowest BCUT2D eigenvalue weighted by molar-refractivity contribution is -0.119. The molecule has 0 radical (unpaired) electrons. The quantitative estimate of drug-likeness (QED) is 0.727. The highest BCUT2D eigenvalue weighted by Crippen LogP contribution is 2.02. The van der Waals surface area contributed by atoms with Crippen LogP contribution in [0, 0.1) is 0 Å². The van der Waals surface area contributed by atoms with Gasteiger partial charge >= 0.3 is 0 Å². The van der Waals surface area contributed by atoms with E-state index in [-0.39, 0.29) is 11.8 Å². The number of Topliss-reactive ketones (excluding diaryl/α,β-unsaturated/α-hetero) is 1. The average molecular weight is 167 g/mol.